The van der Waals surface area contributed by atoms with E-state index >= 15 is 0 Å². The molecule has 1 amide bonds. The maximum Gasteiger partial charge on any atom is 0.258 e. The number of anilines is 2. The summed E-state index contributed by atoms with van der Waals surface area (Å²) in [6, 6.07) is 14.1. The van der Waals surface area contributed by atoms with Crippen LogP contribution in [-0.4, -0.2) is 19.5 Å². The highest BCUT2D eigenvalue weighted by Gasteiger charge is 2.17. The molecule has 0 unspecified atom stereocenters. The molecule has 1 aliphatic rings. The van der Waals surface area contributed by atoms with E-state index in [-0.39, 0.29) is 5.91 Å². The van der Waals surface area contributed by atoms with Crippen molar-refractivity contribution in [2.45, 2.75) is 19.8 Å². The number of carbonyl (C=O) groups is 1. The Labute approximate surface area is 125 Å². The molecule has 3 nitrogen and oxygen atoms in total. The van der Waals surface area contributed by atoms with Crippen LogP contribution in [0.3, 0.4) is 0 Å². The molecule has 2 aromatic carbocycles. The summed E-state index contributed by atoms with van der Waals surface area (Å²) >= 11 is 0. The first-order valence-electron chi connectivity index (χ1n) is 7.43. The van der Waals surface area contributed by atoms with E-state index in [0.29, 0.717) is 0 Å². The fraction of sp³-hybridized carbons (Fsp3) is 0.278. The number of hydrogen-bond donors (Lipinski definition) is 1. The second kappa shape index (κ2) is 5.60. The Balaban J connectivity index is 1.83. The van der Waals surface area contributed by atoms with Crippen LogP contribution in [0, 0.1) is 0 Å². The molecule has 1 N–H and O–H groups in total. The second-order valence-electron chi connectivity index (χ2n) is 5.43. The van der Waals surface area contributed by atoms with Crippen LogP contribution in [-0.2, 0) is 12.8 Å². The Morgan fingerprint density at radius 1 is 1.19 bits per heavy atom. The molecule has 0 saturated heterocycles. The summed E-state index contributed by atoms with van der Waals surface area (Å²) < 4.78 is 0. The lowest BCUT2D eigenvalue weighted by Crippen LogP contribution is -2.26. The van der Waals surface area contributed by atoms with Gasteiger partial charge in [-0.05, 0) is 54.3 Å². The van der Waals surface area contributed by atoms with Gasteiger partial charge in [-0.25, -0.2) is 0 Å². The number of nitrogens with zero attached hydrogens (tertiary/aromatic N) is 1. The molecule has 0 aromatic heterocycles. The van der Waals surface area contributed by atoms with E-state index in [1.54, 1.807) is 4.90 Å². The molecule has 3 heteroatoms. The molecular weight excluding hydrogens is 260 g/mol. The number of rotatable bonds is 3. The van der Waals surface area contributed by atoms with Gasteiger partial charge in [0.25, 0.3) is 5.91 Å². The van der Waals surface area contributed by atoms with E-state index in [2.05, 4.69) is 24.4 Å². The van der Waals surface area contributed by atoms with Crippen molar-refractivity contribution in [2.75, 3.05) is 23.8 Å². The first kappa shape index (κ1) is 13.7. The molecule has 0 saturated carbocycles. The molecule has 1 aliphatic heterocycles. The quantitative estimate of drug-likeness (QED) is 0.933. The fourth-order valence-electron chi connectivity index (χ4n) is 2.70. The van der Waals surface area contributed by atoms with E-state index in [1.165, 1.54) is 11.1 Å². The molecule has 2 aromatic rings. The largest absolute Gasteiger partial charge is 0.384 e. The second-order valence-corrected chi connectivity index (χ2v) is 5.43. The van der Waals surface area contributed by atoms with Crippen LogP contribution in [0.2, 0.25) is 0 Å². The van der Waals surface area contributed by atoms with Crippen molar-refractivity contribution in [1.29, 1.82) is 0 Å². The Hall–Kier alpha value is -2.29. The Bertz CT molecular complexity index is 661. The van der Waals surface area contributed by atoms with E-state index in [0.717, 1.165) is 36.3 Å². The van der Waals surface area contributed by atoms with Crippen molar-refractivity contribution in [3.05, 3.63) is 59.2 Å². The lowest BCUT2D eigenvalue weighted by molar-refractivity contribution is 0.0993. The lowest BCUT2D eigenvalue weighted by Gasteiger charge is -2.18. The molecule has 0 atom stereocenters. The van der Waals surface area contributed by atoms with Gasteiger partial charge in [-0.15, -0.1) is 0 Å². The summed E-state index contributed by atoms with van der Waals surface area (Å²) in [7, 11) is 1.83. The van der Waals surface area contributed by atoms with Gasteiger partial charge in [-0.1, -0.05) is 19.1 Å². The number of fused-ring (bicyclic) bond motifs is 1. The minimum atomic E-state index is 0.0361. The Morgan fingerprint density at radius 2 is 1.95 bits per heavy atom. The molecule has 0 fully saturated rings. The molecule has 1 heterocycles. The van der Waals surface area contributed by atoms with Gasteiger partial charge in [0.2, 0.25) is 0 Å². The zero-order valence-electron chi connectivity index (χ0n) is 12.5. The lowest BCUT2D eigenvalue weighted by atomic mass is 10.1. The monoisotopic (exact) mass is 280 g/mol. The predicted octanol–water partition coefficient (Wildman–Crippen LogP) is 3.49. The van der Waals surface area contributed by atoms with Gasteiger partial charge in [0, 0.05) is 30.5 Å². The van der Waals surface area contributed by atoms with Crippen molar-refractivity contribution in [3.8, 4) is 0 Å². The standard InChI is InChI=1S/C18H20N2O/c1-3-13-4-7-16(8-5-13)20(2)18(21)15-6-9-17-14(12-15)10-11-19-17/h4-9,12,19H,3,10-11H2,1-2H3. The number of nitrogens with one attached hydrogen (secondary N) is 1. The zero-order valence-corrected chi connectivity index (χ0v) is 12.5. The summed E-state index contributed by atoms with van der Waals surface area (Å²) in [6.45, 7) is 3.09. The number of aryl methyl sites for hydroxylation is 1. The van der Waals surface area contributed by atoms with Crippen LogP contribution >= 0.6 is 0 Å². The third-order valence-electron chi connectivity index (χ3n) is 4.10. The maximum absolute atomic E-state index is 12.6. The van der Waals surface area contributed by atoms with Crippen molar-refractivity contribution in [1.82, 2.24) is 0 Å². The number of benzene rings is 2. The molecule has 0 spiro atoms. The third-order valence-corrected chi connectivity index (χ3v) is 4.10. The molecule has 3 rings (SSSR count). The third kappa shape index (κ3) is 2.64. The summed E-state index contributed by atoms with van der Waals surface area (Å²) in [4.78, 5) is 14.3. The highest BCUT2D eigenvalue weighted by molar-refractivity contribution is 6.06. The summed E-state index contributed by atoms with van der Waals surface area (Å²) in [6.07, 6.45) is 2.00. The summed E-state index contributed by atoms with van der Waals surface area (Å²) in [5.41, 5.74) is 5.34. The number of hydrogen-bond acceptors (Lipinski definition) is 2. The smallest absolute Gasteiger partial charge is 0.258 e. The van der Waals surface area contributed by atoms with Crippen LogP contribution in [0.15, 0.2) is 42.5 Å². The minimum absolute atomic E-state index is 0.0361. The average Bonchev–Trinajstić information content (AvgIpc) is 3.01. The van der Waals surface area contributed by atoms with Crippen LogP contribution in [0.5, 0.6) is 0 Å². The molecule has 0 aliphatic carbocycles. The van der Waals surface area contributed by atoms with E-state index in [4.69, 9.17) is 0 Å². The normalized spacial score (nSPS) is 12.7. The van der Waals surface area contributed by atoms with E-state index < -0.39 is 0 Å². The van der Waals surface area contributed by atoms with Crippen molar-refractivity contribution in [3.63, 3.8) is 0 Å². The molecular formula is C18H20N2O. The van der Waals surface area contributed by atoms with Gasteiger partial charge >= 0.3 is 0 Å². The zero-order chi connectivity index (χ0) is 14.8. The fourth-order valence-corrected chi connectivity index (χ4v) is 2.70. The molecule has 21 heavy (non-hydrogen) atoms. The van der Waals surface area contributed by atoms with Gasteiger partial charge in [0.1, 0.15) is 0 Å². The highest BCUT2D eigenvalue weighted by atomic mass is 16.2. The van der Waals surface area contributed by atoms with Crippen molar-refractivity contribution >= 4 is 17.3 Å². The summed E-state index contributed by atoms with van der Waals surface area (Å²) in [5, 5.41) is 3.31. The van der Waals surface area contributed by atoms with Crippen LogP contribution in [0.25, 0.3) is 0 Å². The number of carbonyl (C=O) groups excluding carboxylic acids is 1. The Morgan fingerprint density at radius 3 is 2.67 bits per heavy atom. The van der Waals surface area contributed by atoms with Crippen molar-refractivity contribution in [2.24, 2.45) is 0 Å². The highest BCUT2D eigenvalue weighted by Crippen LogP contribution is 2.24. The van der Waals surface area contributed by atoms with Crippen LogP contribution in [0.1, 0.15) is 28.4 Å². The predicted molar refractivity (Wildman–Crippen MR) is 87.2 cm³/mol. The Kier molecular flexibility index (Phi) is 3.65. The van der Waals surface area contributed by atoms with Gasteiger partial charge in [-0.3, -0.25) is 4.79 Å². The summed E-state index contributed by atoms with van der Waals surface area (Å²) in [5.74, 6) is 0.0361. The topological polar surface area (TPSA) is 32.3 Å². The van der Waals surface area contributed by atoms with Gasteiger partial charge in [-0.2, -0.15) is 0 Å². The van der Waals surface area contributed by atoms with E-state index in [1.807, 2.05) is 37.4 Å². The van der Waals surface area contributed by atoms with Gasteiger partial charge < -0.3 is 10.2 Å². The van der Waals surface area contributed by atoms with Crippen LogP contribution in [0.4, 0.5) is 11.4 Å². The van der Waals surface area contributed by atoms with Gasteiger partial charge in [0.05, 0.1) is 0 Å². The van der Waals surface area contributed by atoms with Gasteiger partial charge in [0.15, 0.2) is 0 Å². The SMILES string of the molecule is CCc1ccc(N(C)C(=O)c2ccc3c(c2)CCN3)cc1. The van der Waals surface area contributed by atoms with Crippen LogP contribution < -0.4 is 10.2 Å². The first-order chi connectivity index (χ1) is 10.2. The van der Waals surface area contributed by atoms with E-state index in [9.17, 15) is 4.79 Å². The molecule has 108 valence electrons. The molecule has 0 radical (unpaired) electrons. The van der Waals surface area contributed by atoms with Crippen molar-refractivity contribution < 1.29 is 4.79 Å². The minimum Gasteiger partial charge on any atom is -0.384 e. The maximum atomic E-state index is 12.6. The first-order valence-corrected chi connectivity index (χ1v) is 7.43. The number of amides is 1. The molecule has 0 bridgehead atoms. The average molecular weight is 280 g/mol.